The third-order valence-electron chi connectivity index (χ3n) is 5.13. The van der Waals surface area contributed by atoms with Gasteiger partial charge >= 0.3 is 0 Å². The predicted molar refractivity (Wildman–Crippen MR) is 116 cm³/mol. The average Bonchev–Trinajstić information content (AvgIpc) is 3.08. The van der Waals surface area contributed by atoms with Gasteiger partial charge in [-0.15, -0.1) is 0 Å². The molecule has 1 heterocycles. The lowest BCUT2D eigenvalue weighted by Gasteiger charge is -2.34. The second-order valence-electron chi connectivity index (χ2n) is 7.65. The summed E-state index contributed by atoms with van der Waals surface area (Å²) in [5.74, 6) is 1.02. The van der Waals surface area contributed by atoms with E-state index in [1.54, 1.807) is 0 Å². The minimum Gasteiger partial charge on any atom is -0.493 e. The smallest absolute Gasteiger partial charge is 0.122 e. The van der Waals surface area contributed by atoms with E-state index >= 15 is 0 Å². The van der Waals surface area contributed by atoms with Crippen molar-refractivity contribution in [2.45, 2.75) is 39.0 Å². The molecular weight excluding hydrogens is 342 g/mol. The van der Waals surface area contributed by atoms with Crippen LogP contribution in [0.4, 0.5) is 5.69 Å². The summed E-state index contributed by atoms with van der Waals surface area (Å²) in [4.78, 5) is 2.47. The third-order valence-corrected chi connectivity index (χ3v) is 5.13. The minimum atomic E-state index is 0.0523. The highest BCUT2D eigenvalue weighted by Crippen LogP contribution is 2.46. The predicted octanol–water partition coefficient (Wildman–Crippen LogP) is 6.61. The highest BCUT2D eigenvalue weighted by Gasteiger charge is 2.38. The summed E-state index contributed by atoms with van der Waals surface area (Å²) in [6.07, 6.45) is 2.42. The number of ether oxygens (including phenoxy) is 1. The monoisotopic (exact) mass is 369 g/mol. The molecule has 0 aromatic heterocycles. The van der Waals surface area contributed by atoms with Gasteiger partial charge in [0.15, 0.2) is 0 Å². The SMILES string of the molecule is Cc1ccc(N2C(c3ccccc3)C=C(OC(C)C)C2c2ccccc2)cc1. The Balaban J connectivity index is 1.86. The first kappa shape index (κ1) is 18.4. The van der Waals surface area contributed by atoms with E-state index < -0.39 is 0 Å². The number of aryl methyl sites for hydroxylation is 1. The van der Waals surface area contributed by atoms with E-state index in [1.807, 2.05) is 0 Å². The quantitative estimate of drug-likeness (QED) is 0.502. The lowest BCUT2D eigenvalue weighted by Crippen LogP contribution is -2.28. The number of hydrogen-bond donors (Lipinski definition) is 0. The first-order valence-electron chi connectivity index (χ1n) is 9.97. The van der Waals surface area contributed by atoms with Crippen LogP contribution in [0.2, 0.25) is 0 Å². The summed E-state index contributed by atoms with van der Waals surface area (Å²) in [5.41, 5.74) is 4.98. The highest BCUT2D eigenvalue weighted by atomic mass is 16.5. The molecule has 0 aliphatic carbocycles. The summed E-state index contributed by atoms with van der Waals surface area (Å²) in [6, 6.07) is 30.3. The van der Waals surface area contributed by atoms with Crippen LogP contribution in [0.25, 0.3) is 0 Å². The molecule has 142 valence electrons. The van der Waals surface area contributed by atoms with Crippen molar-refractivity contribution in [3.05, 3.63) is 113 Å². The molecule has 1 aliphatic heterocycles. The fourth-order valence-corrected chi connectivity index (χ4v) is 3.89. The minimum absolute atomic E-state index is 0.0523. The van der Waals surface area contributed by atoms with Crippen LogP contribution in [-0.4, -0.2) is 6.10 Å². The van der Waals surface area contributed by atoms with Crippen molar-refractivity contribution in [2.75, 3.05) is 4.90 Å². The van der Waals surface area contributed by atoms with Gasteiger partial charge in [0, 0.05) is 5.69 Å². The van der Waals surface area contributed by atoms with E-state index in [4.69, 9.17) is 4.74 Å². The first-order chi connectivity index (χ1) is 13.6. The van der Waals surface area contributed by atoms with Crippen LogP contribution < -0.4 is 4.90 Å². The van der Waals surface area contributed by atoms with Gasteiger partial charge in [0.2, 0.25) is 0 Å². The highest BCUT2D eigenvalue weighted by molar-refractivity contribution is 5.58. The number of nitrogens with zero attached hydrogens (tertiary/aromatic N) is 1. The van der Waals surface area contributed by atoms with E-state index in [0.717, 1.165) is 5.76 Å². The molecule has 3 aromatic carbocycles. The molecular formula is C26H27NO. The molecule has 0 amide bonds. The molecule has 0 saturated carbocycles. The third kappa shape index (κ3) is 3.68. The second kappa shape index (κ2) is 7.93. The van der Waals surface area contributed by atoms with E-state index in [9.17, 15) is 0 Å². The Morgan fingerprint density at radius 2 is 1.32 bits per heavy atom. The van der Waals surface area contributed by atoms with Crippen molar-refractivity contribution < 1.29 is 4.74 Å². The standard InChI is InChI=1S/C26H27NO/c1-19(2)28-25-18-24(21-10-6-4-7-11-21)27(23-16-14-20(3)15-17-23)26(25)22-12-8-5-9-13-22/h4-19,24,26H,1-3H3. The molecule has 0 fully saturated rings. The number of anilines is 1. The van der Waals surface area contributed by atoms with Gasteiger partial charge in [-0.2, -0.15) is 0 Å². The van der Waals surface area contributed by atoms with E-state index in [2.05, 4.69) is 117 Å². The zero-order valence-corrected chi connectivity index (χ0v) is 16.7. The van der Waals surface area contributed by atoms with Gasteiger partial charge in [-0.3, -0.25) is 0 Å². The summed E-state index contributed by atoms with van der Waals surface area (Å²) in [5, 5.41) is 0. The van der Waals surface area contributed by atoms with Gasteiger partial charge < -0.3 is 9.64 Å². The zero-order chi connectivity index (χ0) is 19.5. The Kier molecular flexibility index (Phi) is 5.21. The zero-order valence-electron chi connectivity index (χ0n) is 16.7. The Bertz CT molecular complexity index is 929. The van der Waals surface area contributed by atoms with Crippen LogP contribution in [-0.2, 0) is 4.74 Å². The Morgan fingerprint density at radius 1 is 0.750 bits per heavy atom. The Hall–Kier alpha value is -3.00. The van der Waals surface area contributed by atoms with Gasteiger partial charge in [0.1, 0.15) is 11.8 Å². The molecule has 3 aromatic rings. The van der Waals surface area contributed by atoms with Crippen LogP contribution in [0, 0.1) is 6.92 Å². The molecule has 0 N–H and O–H groups in total. The molecule has 2 unspecified atom stereocenters. The van der Waals surface area contributed by atoms with Crippen LogP contribution in [0.15, 0.2) is 96.8 Å². The van der Waals surface area contributed by atoms with Crippen LogP contribution >= 0.6 is 0 Å². The summed E-state index contributed by atoms with van der Waals surface area (Å²) in [6.45, 7) is 6.31. The van der Waals surface area contributed by atoms with Crippen molar-refractivity contribution in [1.29, 1.82) is 0 Å². The number of rotatable bonds is 5. The van der Waals surface area contributed by atoms with Crippen LogP contribution in [0.5, 0.6) is 0 Å². The topological polar surface area (TPSA) is 12.5 Å². The van der Waals surface area contributed by atoms with E-state index in [0.29, 0.717) is 0 Å². The van der Waals surface area contributed by atoms with Crippen molar-refractivity contribution in [3.8, 4) is 0 Å². The fourth-order valence-electron chi connectivity index (χ4n) is 3.89. The molecule has 0 spiro atoms. The normalized spacial score (nSPS) is 19.0. The molecule has 4 rings (SSSR count). The molecule has 1 aliphatic rings. The number of hydrogen-bond acceptors (Lipinski definition) is 2. The summed E-state index contributed by atoms with van der Waals surface area (Å²) >= 11 is 0. The van der Waals surface area contributed by atoms with E-state index in [1.165, 1.54) is 22.4 Å². The van der Waals surface area contributed by atoms with Gasteiger partial charge in [0.25, 0.3) is 0 Å². The van der Waals surface area contributed by atoms with Crippen LogP contribution in [0.3, 0.4) is 0 Å². The first-order valence-corrected chi connectivity index (χ1v) is 9.97. The number of benzene rings is 3. The summed E-state index contributed by atoms with van der Waals surface area (Å²) in [7, 11) is 0. The van der Waals surface area contributed by atoms with Crippen LogP contribution in [0.1, 0.15) is 42.6 Å². The largest absolute Gasteiger partial charge is 0.493 e. The molecule has 0 radical (unpaired) electrons. The van der Waals surface area contributed by atoms with Gasteiger partial charge in [-0.25, -0.2) is 0 Å². The second-order valence-corrected chi connectivity index (χ2v) is 7.65. The lowest BCUT2D eigenvalue weighted by atomic mass is 10.0. The molecule has 2 atom stereocenters. The maximum Gasteiger partial charge on any atom is 0.122 e. The lowest BCUT2D eigenvalue weighted by molar-refractivity contribution is 0.136. The van der Waals surface area contributed by atoms with Crippen molar-refractivity contribution in [3.63, 3.8) is 0 Å². The van der Waals surface area contributed by atoms with Gasteiger partial charge in [0.05, 0.1) is 12.1 Å². The van der Waals surface area contributed by atoms with Gasteiger partial charge in [-0.05, 0) is 50.1 Å². The van der Waals surface area contributed by atoms with Crippen molar-refractivity contribution in [2.24, 2.45) is 0 Å². The van der Waals surface area contributed by atoms with Crippen molar-refractivity contribution in [1.82, 2.24) is 0 Å². The molecule has 0 bridgehead atoms. The molecule has 0 saturated heterocycles. The summed E-state index contributed by atoms with van der Waals surface area (Å²) < 4.78 is 6.32. The fraction of sp³-hybridized carbons (Fsp3) is 0.231. The molecule has 2 heteroatoms. The van der Waals surface area contributed by atoms with Gasteiger partial charge in [-0.1, -0.05) is 78.4 Å². The van der Waals surface area contributed by atoms with Crippen molar-refractivity contribution >= 4 is 5.69 Å². The Morgan fingerprint density at radius 3 is 1.89 bits per heavy atom. The van der Waals surface area contributed by atoms with E-state index in [-0.39, 0.29) is 18.2 Å². The maximum atomic E-state index is 6.32. The average molecular weight is 370 g/mol. The maximum absolute atomic E-state index is 6.32. The Labute approximate surface area is 168 Å². The molecule has 28 heavy (non-hydrogen) atoms. The molecule has 2 nitrogen and oxygen atoms in total.